The molecule has 1 aliphatic heterocycles. The first kappa shape index (κ1) is 16.1. The molecule has 1 unspecified atom stereocenters. The van der Waals surface area contributed by atoms with Crippen LogP contribution in [0.5, 0.6) is 0 Å². The van der Waals surface area contributed by atoms with Gasteiger partial charge in [0.05, 0.1) is 11.5 Å². The van der Waals surface area contributed by atoms with E-state index in [1.54, 1.807) is 0 Å². The van der Waals surface area contributed by atoms with E-state index in [4.69, 9.17) is 0 Å². The molecular weight excluding hydrogens is 282 g/mol. The fraction of sp³-hybridized carbons (Fsp3) is 0.529. The molecular formula is C17H23NO2S. The van der Waals surface area contributed by atoms with Gasteiger partial charge < -0.3 is 4.90 Å². The van der Waals surface area contributed by atoms with E-state index in [-0.39, 0.29) is 11.7 Å². The van der Waals surface area contributed by atoms with Crippen molar-refractivity contribution in [3.05, 3.63) is 35.9 Å². The van der Waals surface area contributed by atoms with E-state index in [2.05, 4.69) is 13.8 Å². The molecule has 0 spiro atoms. The van der Waals surface area contributed by atoms with Gasteiger partial charge in [-0.3, -0.25) is 9.59 Å². The van der Waals surface area contributed by atoms with Crippen LogP contribution in [0.25, 0.3) is 0 Å². The Labute approximate surface area is 131 Å². The minimum Gasteiger partial charge on any atom is -0.339 e. The van der Waals surface area contributed by atoms with Crippen LogP contribution < -0.4 is 0 Å². The number of likely N-dealkylation sites (tertiary alicyclic amines) is 1. The molecule has 0 N–H and O–H groups in total. The molecule has 1 aliphatic rings. The van der Waals surface area contributed by atoms with Crippen molar-refractivity contribution in [1.29, 1.82) is 0 Å². The summed E-state index contributed by atoms with van der Waals surface area (Å²) < 4.78 is 0. The number of benzene rings is 1. The van der Waals surface area contributed by atoms with Crippen LogP contribution in [0.4, 0.5) is 0 Å². The van der Waals surface area contributed by atoms with E-state index in [0.717, 1.165) is 24.9 Å². The van der Waals surface area contributed by atoms with Gasteiger partial charge in [0.1, 0.15) is 0 Å². The lowest BCUT2D eigenvalue weighted by Gasteiger charge is -2.27. The number of amides is 1. The Balaban J connectivity index is 1.78. The van der Waals surface area contributed by atoms with Gasteiger partial charge in [0, 0.05) is 18.2 Å². The van der Waals surface area contributed by atoms with E-state index < -0.39 is 0 Å². The molecule has 0 aromatic heterocycles. The van der Waals surface area contributed by atoms with Crippen LogP contribution in [0.3, 0.4) is 0 Å². The first-order chi connectivity index (χ1) is 10.1. The third-order valence-electron chi connectivity index (χ3n) is 3.94. The highest BCUT2D eigenvalue weighted by Crippen LogP contribution is 2.24. The van der Waals surface area contributed by atoms with Crippen LogP contribution in [-0.2, 0) is 4.79 Å². The van der Waals surface area contributed by atoms with Crippen LogP contribution in [0.1, 0.15) is 37.0 Å². The number of thioether (sulfide) groups is 1. The molecule has 0 aliphatic carbocycles. The van der Waals surface area contributed by atoms with Crippen molar-refractivity contribution >= 4 is 23.5 Å². The lowest BCUT2D eigenvalue weighted by atomic mass is 10.0. The summed E-state index contributed by atoms with van der Waals surface area (Å²) in [5.74, 6) is 1.55. The molecule has 114 valence electrons. The minimum absolute atomic E-state index is 0.0928. The Bertz CT molecular complexity index is 487. The highest BCUT2D eigenvalue weighted by molar-refractivity contribution is 8.00. The third kappa shape index (κ3) is 4.34. The van der Waals surface area contributed by atoms with E-state index in [1.165, 1.54) is 11.8 Å². The molecule has 0 saturated carbocycles. The van der Waals surface area contributed by atoms with Crippen LogP contribution in [0.15, 0.2) is 30.3 Å². The van der Waals surface area contributed by atoms with E-state index in [9.17, 15) is 9.59 Å². The average Bonchev–Trinajstić information content (AvgIpc) is 2.97. The van der Waals surface area contributed by atoms with Gasteiger partial charge in [-0.05, 0) is 18.8 Å². The summed E-state index contributed by atoms with van der Waals surface area (Å²) in [7, 11) is 0. The summed E-state index contributed by atoms with van der Waals surface area (Å²) in [6.07, 6.45) is 2.21. The SMILES string of the molecule is CC(C)C1CCCN1C(=O)CSCC(=O)c1ccccc1. The van der Waals surface area contributed by atoms with Gasteiger partial charge in [0.15, 0.2) is 5.78 Å². The molecule has 21 heavy (non-hydrogen) atoms. The quantitative estimate of drug-likeness (QED) is 0.757. The Hall–Kier alpha value is -1.29. The molecule has 4 heteroatoms. The Kier molecular flexibility index (Phi) is 5.85. The molecule has 1 fully saturated rings. The molecule has 3 nitrogen and oxygen atoms in total. The van der Waals surface area contributed by atoms with Crippen LogP contribution in [0, 0.1) is 5.92 Å². The first-order valence-electron chi connectivity index (χ1n) is 7.55. The highest BCUT2D eigenvalue weighted by atomic mass is 32.2. The monoisotopic (exact) mass is 305 g/mol. The van der Waals surface area contributed by atoms with Crippen molar-refractivity contribution < 1.29 is 9.59 Å². The number of hydrogen-bond acceptors (Lipinski definition) is 3. The number of ketones is 1. The number of rotatable bonds is 6. The van der Waals surface area contributed by atoms with Crippen LogP contribution in [-0.4, -0.2) is 40.7 Å². The smallest absolute Gasteiger partial charge is 0.232 e. The maximum atomic E-state index is 12.3. The van der Waals surface area contributed by atoms with Crippen molar-refractivity contribution in [2.45, 2.75) is 32.7 Å². The van der Waals surface area contributed by atoms with Crippen molar-refractivity contribution in [3.8, 4) is 0 Å². The zero-order chi connectivity index (χ0) is 15.2. The molecule has 1 amide bonds. The first-order valence-corrected chi connectivity index (χ1v) is 8.70. The topological polar surface area (TPSA) is 37.4 Å². The lowest BCUT2D eigenvalue weighted by Crippen LogP contribution is -2.39. The maximum absolute atomic E-state index is 12.3. The van der Waals surface area contributed by atoms with Gasteiger partial charge in [-0.1, -0.05) is 44.2 Å². The zero-order valence-electron chi connectivity index (χ0n) is 12.7. The largest absolute Gasteiger partial charge is 0.339 e. The summed E-state index contributed by atoms with van der Waals surface area (Å²) in [6, 6.07) is 9.64. The van der Waals surface area contributed by atoms with Gasteiger partial charge in [-0.2, -0.15) is 0 Å². The number of carbonyl (C=O) groups is 2. The van der Waals surface area contributed by atoms with Gasteiger partial charge in [0.25, 0.3) is 0 Å². The van der Waals surface area contributed by atoms with Crippen molar-refractivity contribution in [1.82, 2.24) is 4.90 Å². The number of hydrogen-bond donors (Lipinski definition) is 0. The van der Waals surface area contributed by atoms with Crippen LogP contribution in [0.2, 0.25) is 0 Å². The summed E-state index contributed by atoms with van der Waals surface area (Å²) in [5.41, 5.74) is 0.721. The van der Waals surface area contributed by atoms with Crippen molar-refractivity contribution in [2.75, 3.05) is 18.1 Å². The molecule has 1 aromatic carbocycles. The summed E-state index contributed by atoms with van der Waals surface area (Å²) in [4.78, 5) is 26.3. The average molecular weight is 305 g/mol. The fourth-order valence-corrected chi connectivity index (χ4v) is 3.61. The zero-order valence-corrected chi connectivity index (χ0v) is 13.6. The Morgan fingerprint density at radius 1 is 1.24 bits per heavy atom. The van der Waals surface area contributed by atoms with Crippen molar-refractivity contribution in [2.24, 2.45) is 5.92 Å². The number of Topliss-reactive ketones (excluding diaryl/α,β-unsaturated/α-hetero) is 1. The molecule has 0 radical (unpaired) electrons. The van der Waals surface area contributed by atoms with E-state index in [1.807, 2.05) is 35.2 Å². The minimum atomic E-state index is 0.0928. The Morgan fingerprint density at radius 3 is 2.62 bits per heavy atom. The second-order valence-corrected chi connectivity index (χ2v) is 6.81. The number of carbonyl (C=O) groups excluding carboxylic acids is 2. The molecule has 1 aromatic rings. The third-order valence-corrected chi connectivity index (χ3v) is 4.86. The second kappa shape index (κ2) is 7.64. The van der Waals surface area contributed by atoms with Gasteiger partial charge >= 0.3 is 0 Å². The van der Waals surface area contributed by atoms with E-state index >= 15 is 0 Å². The highest BCUT2D eigenvalue weighted by Gasteiger charge is 2.30. The normalized spacial score (nSPS) is 18.2. The van der Waals surface area contributed by atoms with Gasteiger partial charge in [0.2, 0.25) is 5.91 Å². The molecule has 2 rings (SSSR count). The number of nitrogens with zero attached hydrogens (tertiary/aromatic N) is 1. The van der Waals surface area contributed by atoms with Gasteiger partial charge in [-0.25, -0.2) is 0 Å². The Morgan fingerprint density at radius 2 is 1.95 bits per heavy atom. The summed E-state index contributed by atoms with van der Waals surface area (Å²) in [5, 5.41) is 0. The molecule has 0 bridgehead atoms. The lowest BCUT2D eigenvalue weighted by molar-refractivity contribution is -0.129. The fourth-order valence-electron chi connectivity index (χ4n) is 2.82. The van der Waals surface area contributed by atoms with Crippen molar-refractivity contribution in [3.63, 3.8) is 0 Å². The molecule has 1 saturated heterocycles. The summed E-state index contributed by atoms with van der Waals surface area (Å²) in [6.45, 7) is 5.21. The second-order valence-electron chi connectivity index (χ2n) is 5.82. The summed E-state index contributed by atoms with van der Waals surface area (Å²) >= 11 is 1.42. The molecule has 1 heterocycles. The van der Waals surface area contributed by atoms with E-state index in [0.29, 0.717) is 23.5 Å². The standard InChI is InChI=1S/C17H23NO2S/c1-13(2)15-9-6-10-18(15)17(20)12-21-11-16(19)14-7-4-3-5-8-14/h3-5,7-8,13,15H,6,9-12H2,1-2H3. The maximum Gasteiger partial charge on any atom is 0.232 e. The molecule has 1 atom stereocenters. The van der Waals surface area contributed by atoms with Crippen LogP contribution >= 0.6 is 11.8 Å². The predicted molar refractivity (Wildman–Crippen MR) is 87.7 cm³/mol. The predicted octanol–water partition coefficient (Wildman–Crippen LogP) is 3.25. The van der Waals surface area contributed by atoms with Gasteiger partial charge in [-0.15, -0.1) is 11.8 Å².